The van der Waals surface area contributed by atoms with Gasteiger partial charge in [-0.05, 0) is 19.1 Å². The quantitative estimate of drug-likeness (QED) is 0.849. The molecule has 0 radical (unpaired) electrons. The second kappa shape index (κ2) is 7.82. The molecule has 1 aliphatic heterocycles. The van der Waals surface area contributed by atoms with Gasteiger partial charge in [0.1, 0.15) is 5.69 Å². The number of carbonyl (C=O) groups is 1. The normalized spacial score (nSPS) is 18.5. The first kappa shape index (κ1) is 19.9. The van der Waals surface area contributed by atoms with E-state index in [1.165, 1.54) is 6.07 Å². The number of halogens is 5. The average molecular weight is 346 g/mol. The molecule has 2 heterocycles. The third-order valence-corrected chi connectivity index (χ3v) is 2.96. The molecular weight excluding hydrogens is 330 g/mol. The number of piperazine rings is 1. The number of alkyl halides is 3. The maximum Gasteiger partial charge on any atom is 0.433 e. The molecule has 2 rings (SSSR count). The van der Waals surface area contributed by atoms with E-state index in [-0.39, 0.29) is 42.3 Å². The minimum atomic E-state index is -4.48. The highest BCUT2D eigenvalue weighted by Crippen LogP contribution is 2.27. The summed E-state index contributed by atoms with van der Waals surface area (Å²) in [5.74, 6) is -0.283. The number of hydrogen-bond donors (Lipinski definition) is 1. The van der Waals surface area contributed by atoms with Gasteiger partial charge in [-0.3, -0.25) is 9.78 Å². The minimum Gasteiger partial charge on any atom is -0.336 e. The fourth-order valence-electron chi connectivity index (χ4n) is 1.99. The Morgan fingerprint density at radius 2 is 2.05 bits per heavy atom. The standard InChI is InChI=1S/C12H14F3N3O.2ClH/c1-8-7-18(5-4-16-8)11(19)9-2-3-10(17-6-9)12(13,14)15;;/h2-3,6,8,16H,4-5,7H2,1H3;2*1H/t8-;;/m1../s1. The zero-order valence-electron chi connectivity index (χ0n) is 11.2. The molecule has 1 atom stereocenters. The lowest BCUT2D eigenvalue weighted by atomic mass is 10.2. The van der Waals surface area contributed by atoms with Crippen molar-refractivity contribution in [2.75, 3.05) is 19.6 Å². The lowest BCUT2D eigenvalue weighted by molar-refractivity contribution is -0.141. The smallest absolute Gasteiger partial charge is 0.336 e. The number of aromatic nitrogens is 1. The van der Waals surface area contributed by atoms with Gasteiger partial charge in [0.15, 0.2) is 0 Å². The van der Waals surface area contributed by atoms with E-state index in [2.05, 4.69) is 10.3 Å². The number of carbonyl (C=O) groups excluding carboxylic acids is 1. The van der Waals surface area contributed by atoms with Gasteiger partial charge in [-0.1, -0.05) is 0 Å². The molecule has 4 nitrogen and oxygen atoms in total. The molecule has 0 aliphatic carbocycles. The summed E-state index contributed by atoms with van der Waals surface area (Å²) in [4.78, 5) is 17.0. The summed E-state index contributed by atoms with van der Waals surface area (Å²) in [5, 5.41) is 3.19. The Balaban J connectivity index is 0.00000200. The van der Waals surface area contributed by atoms with E-state index in [4.69, 9.17) is 0 Å². The van der Waals surface area contributed by atoms with Crippen molar-refractivity contribution < 1.29 is 18.0 Å². The lowest BCUT2D eigenvalue weighted by Crippen LogP contribution is -2.51. The average Bonchev–Trinajstić information content (AvgIpc) is 2.37. The monoisotopic (exact) mass is 345 g/mol. The summed E-state index contributed by atoms with van der Waals surface area (Å²) < 4.78 is 37.1. The molecule has 1 saturated heterocycles. The van der Waals surface area contributed by atoms with E-state index in [1.807, 2.05) is 6.92 Å². The van der Waals surface area contributed by atoms with E-state index in [1.54, 1.807) is 4.90 Å². The summed E-state index contributed by atoms with van der Waals surface area (Å²) in [6.45, 7) is 3.72. The Morgan fingerprint density at radius 3 is 2.52 bits per heavy atom. The molecule has 1 amide bonds. The topological polar surface area (TPSA) is 45.2 Å². The number of hydrogen-bond acceptors (Lipinski definition) is 3. The summed E-state index contributed by atoms with van der Waals surface area (Å²) in [5.41, 5.74) is -0.806. The van der Waals surface area contributed by atoms with Crippen LogP contribution in [0.4, 0.5) is 13.2 Å². The second-order valence-electron chi connectivity index (χ2n) is 4.54. The molecule has 1 aliphatic rings. The molecule has 1 fully saturated rings. The Morgan fingerprint density at radius 1 is 1.38 bits per heavy atom. The maximum absolute atomic E-state index is 12.4. The van der Waals surface area contributed by atoms with Gasteiger partial charge in [-0.15, -0.1) is 24.8 Å². The van der Waals surface area contributed by atoms with Crippen LogP contribution in [0.3, 0.4) is 0 Å². The predicted octanol–water partition coefficient (Wildman–Crippen LogP) is 2.38. The fourth-order valence-corrected chi connectivity index (χ4v) is 1.99. The van der Waals surface area contributed by atoms with Gasteiger partial charge >= 0.3 is 6.18 Å². The van der Waals surface area contributed by atoms with Crippen LogP contribution in [0.25, 0.3) is 0 Å². The highest BCUT2D eigenvalue weighted by Gasteiger charge is 2.32. The molecule has 9 heteroatoms. The molecule has 0 bridgehead atoms. The van der Waals surface area contributed by atoms with Crippen LogP contribution in [0.5, 0.6) is 0 Å². The molecule has 1 aromatic rings. The Kier molecular flexibility index (Phi) is 7.43. The van der Waals surface area contributed by atoms with Gasteiger partial charge in [0, 0.05) is 31.9 Å². The van der Waals surface area contributed by atoms with Gasteiger partial charge in [-0.25, -0.2) is 0 Å². The zero-order chi connectivity index (χ0) is 14.0. The fraction of sp³-hybridized carbons (Fsp3) is 0.500. The molecule has 120 valence electrons. The van der Waals surface area contributed by atoms with Crippen molar-refractivity contribution in [3.05, 3.63) is 29.6 Å². The van der Waals surface area contributed by atoms with Crippen molar-refractivity contribution in [3.63, 3.8) is 0 Å². The van der Waals surface area contributed by atoms with Crippen molar-refractivity contribution in [3.8, 4) is 0 Å². The molecule has 1 N–H and O–H groups in total. The predicted molar refractivity (Wildman–Crippen MR) is 77.1 cm³/mol. The van der Waals surface area contributed by atoms with Crippen molar-refractivity contribution in [2.45, 2.75) is 19.1 Å². The van der Waals surface area contributed by atoms with Crippen LogP contribution in [-0.4, -0.2) is 41.5 Å². The third-order valence-electron chi connectivity index (χ3n) is 2.96. The minimum absolute atomic E-state index is 0. The Labute approximate surface area is 132 Å². The first-order valence-corrected chi connectivity index (χ1v) is 5.94. The van der Waals surface area contributed by atoms with Crippen LogP contribution < -0.4 is 5.32 Å². The van der Waals surface area contributed by atoms with Crippen molar-refractivity contribution in [1.82, 2.24) is 15.2 Å². The summed E-state index contributed by atoms with van der Waals surface area (Å²) >= 11 is 0. The molecule has 0 saturated carbocycles. The summed E-state index contributed by atoms with van der Waals surface area (Å²) in [7, 11) is 0. The van der Waals surface area contributed by atoms with Crippen molar-refractivity contribution in [2.24, 2.45) is 0 Å². The van der Waals surface area contributed by atoms with E-state index in [9.17, 15) is 18.0 Å². The summed E-state index contributed by atoms with van der Waals surface area (Å²) in [6.07, 6.45) is -3.50. The van der Waals surface area contributed by atoms with Crippen molar-refractivity contribution in [1.29, 1.82) is 0 Å². The number of rotatable bonds is 1. The van der Waals surface area contributed by atoms with Crippen LogP contribution in [0.1, 0.15) is 23.0 Å². The van der Waals surface area contributed by atoms with Gasteiger partial charge < -0.3 is 10.2 Å². The third kappa shape index (κ3) is 5.01. The highest BCUT2D eigenvalue weighted by molar-refractivity contribution is 5.94. The van der Waals surface area contributed by atoms with E-state index >= 15 is 0 Å². The van der Waals surface area contributed by atoms with Crippen molar-refractivity contribution >= 4 is 30.7 Å². The van der Waals surface area contributed by atoms with E-state index in [0.717, 1.165) is 12.3 Å². The largest absolute Gasteiger partial charge is 0.433 e. The van der Waals surface area contributed by atoms with Crippen LogP contribution in [0.15, 0.2) is 18.3 Å². The second-order valence-corrected chi connectivity index (χ2v) is 4.54. The number of nitrogens with one attached hydrogen (secondary N) is 1. The van der Waals surface area contributed by atoms with E-state index < -0.39 is 11.9 Å². The first-order chi connectivity index (χ1) is 8.88. The van der Waals surface area contributed by atoms with Crippen LogP contribution in [0.2, 0.25) is 0 Å². The Bertz CT molecular complexity index is 468. The number of nitrogens with zero attached hydrogens (tertiary/aromatic N) is 2. The van der Waals surface area contributed by atoms with Crippen LogP contribution >= 0.6 is 24.8 Å². The molecule has 21 heavy (non-hydrogen) atoms. The van der Waals surface area contributed by atoms with Crippen LogP contribution in [0, 0.1) is 0 Å². The van der Waals surface area contributed by atoms with Crippen LogP contribution in [-0.2, 0) is 6.18 Å². The maximum atomic E-state index is 12.4. The lowest BCUT2D eigenvalue weighted by Gasteiger charge is -2.31. The molecular formula is C12H16Cl2F3N3O. The SMILES string of the molecule is C[C@@H]1CN(C(=O)c2ccc(C(F)(F)F)nc2)CCN1.Cl.Cl. The van der Waals surface area contributed by atoms with Gasteiger partial charge in [0.05, 0.1) is 5.56 Å². The van der Waals surface area contributed by atoms with Gasteiger partial charge in [-0.2, -0.15) is 13.2 Å². The zero-order valence-corrected chi connectivity index (χ0v) is 12.8. The van der Waals surface area contributed by atoms with E-state index in [0.29, 0.717) is 19.6 Å². The molecule has 1 aromatic heterocycles. The highest BCUT2D eigenvalue weighted by atomic mass is 35.5. The molecule has 0 aromatic carbocycles. The molecule has 0 unspecified atom stereocenters. The van der Waals surface area contributed by atoms with Gasteiger partial charge in [0.25, 0.3) is 5.91 Å². The molecule has 0 spiro atoms. The summed E-state index contributed by atoms with van der Waals surface area (Å²) in [6, 6.07) is 2.18. The Hall–Kier alpha value is -1.05. The first-order valence-electron chi connectivity index (χ1n) is 5.94. The number of pyridine rings is 1. The number of amides is 1. The van der Waals surface area contributed by atoms with Gasteiger partial charge in [0.2, 0.25) is 0 Å².